The molecule has 1 heterocycles. The standard InChI is InChI=1S/C19H26N4O5/c1-2-20-14(24)9-21-15(25)10-22-16(26)17(27)23(18(22)28)19-6-11-3-12(7-19)5-13(4-11)8-19/h11-13H,2-10H2,1H3,(H,20,24)(H,21,25). The number of likely N-dealkylation sites (N-methyl/N-ethyl adjacent to an activating group) is 1. The van der Waals surface area contributed by atoms with Crippen LogP contribution < -0.4 is 10.6 Å². The predicted molar refractivity (Wildman–Crippen MR) is 96.6 cm³/mol. The van der Waals surface area contributed by atoms with Crippen LogP contribution in [-0.4, -0.2) is 64.6 Å². The molecule has 5 rings (SSSR count). The van der Waals surface area contributed by atoms with E-state index in [0.29, 0.717) is 29.2 Å². The first-order valence-corrected chi connectivity index (χ1v) is 10.1. The van der Waals surface area contributed by atoms with Crippen LogP contribution in [0.5, 0.6) is 0 Å². The fourth-order valence-corrected chi connectivity index (χ4v) is 6.04. The zero-order chi connectivity index (χ0) is 20.1. The molecule has 9 nitrogen and oxygen atoms in total. The van der Waals surface area contributed by atoms with Gasteiger partial charge in [0.25, 0.3) is 0 Å². The Balaban J connectivity index is 1.45. The van der Waals surface area contributed by atoms with Crippen LogP contribution in [0.1, 0.15) is 45.4 Å². The highest BCUT2D eigenvalue weighted by molar-refractivity contribution is 6.45. The minimum atomic E-state index is -0.950. The minimum absolute atomic E-state index is 0.241. The molecule has 28 heavy (non-hydrogen) atoms. The Morgan fingerprint density at radius 1 is 0.929 bits per heavy atom. The highest BCUT2D eigenvalue weighted by Crippen LogP contribution is 2.58. The molecule has 2 N–H and O–H groups in total. The molecule has 0 atom stereocenters. The molecule has 1 aliphatic heterocycles. The van der Waals surface area contributed by atoms with E-state index in [1.54, 1.807) is 6.92 Å². The van der Waals surface area contributed by atoms with Crippen molar-refractivity contribution in [3.63, 3.8) is 0 Å². The lowest BCUT2D eigenvalue weighted by Gasteiger charge is -2.58. The van der Waals surface area contributed by atoms with Gasteiger partial charge in [-0.05, 0) is 63.2 Å². The molecule has 4 aliphatic carbocycles. The lowest BCUT2D eigenvalue weighted by Crippen LogP contribution is -2.62. The van der Waals surface area contributed by atoms with E-state index in [4.69, 9.17) is 0 Å². The smallest absolute Gasteiger partial charge is 0.335 e. The molecule has 1 saturated heterocycles. The maximum absolute atomic E-state index is 13.0. The van der Waals surface area contributed by atoms with Gasteiger partial charge in [-0.3, -0.25) is 19.2 Å². The first kappa shape index (κ1) is 18.9. The number of urea groups is 1. The van der Waals surface area contributed by atoms with Crippen molar-refractivity contribution in [3.05, 3.63) is 0 Å². The largest absolute Gasteiger partial charge is 0.355 e. The number of nitrogens with one attached hydrogen (secondary N) is 2. The monoisotopic (exact) mass is 390 g/mol. The number of amides is 6. The van der Waals surface area contributed by atoms with Crippen molar-refractivity contribution in [1.82, 2.24) is 20.4 Å². The Hall–Kier alpha value is -2.45. The van der Waals surface area contributed by atoms with Crippen LogP contribution in [0.15, 0.2) is 0 Å². The molecule has 5 aliphatic rings. The number of carbonyl (C=O) groups excluding carboxylic acids is 5. The van der Waals surface area contributed by atoms with Crippen LogP contribution >= 0.6 is 0 Å². The van der Waals surface area contributed by atoms with E-state index in [1.807, 2.05) is 0 Å². The molecular weight excluding hydrogens is 364 g/mol. The third kappa shape index (κ3) is 3.06. The van der Waals surface area contributed by atoms with Gasteiger partial charge >= 0.3 is 17.8 Å². The van der Waals surface area contributed by atoms with Gasteiger partial charge in [-0.2, -0.15) is 0 Å². The summed E-state index contributed by atoms with van der Waals surface area (Å²) in [5, 5.41) is 4.91. The van der Waals surface area contributed by atoms with Gasteiger partial charge in [-0.15, -0.1) is 0 Å². The summed E-state index contributed by atoms with van der Waals surface area (Å²) in [5.41, 5.74) is -0.565. The van der Waals surface area contributed by atoms with E-state index < -0.39 is 35.8 Å². The predicted octanol–water partition coefficient (Wildman–Crippen LogP) is -0.00170. The Morgan fingerprint density at radius 3 is 2.04 bits per heavy atom. The second-order valence-electron chi connectivity index (χ2n) is 8.69. The first-order chi connectivity index (χ1) is 13.3. The normalized spacial score (nSPS) is 33.6. The number of imide groups is 2. The Morgan fingerprint density at radius 2 is 1.50 bits per heavy atom. The summed E-state index contributed by atoms with van der Waals surface area (Å²) < 4.78 is 0. The van der Waals surface area contributed by atoms with Crippen molar-refractivity contribution in [2.75, 3.05) is 19.6 Å². The molecule has 5 fully saturated rings. The van der Waals surface area contributed by atoms with E-state index in [2.05, 4.69) is 10.6 Å². The van der Waals surface area contributed by atoms with Gasteiger partial charge < -0.3 is 10.6 Å². The summed E-state index contributed by atoms with van der Waals surface area (Å²) in [6, 6.07) is -0.690. The van der Waals surface area contributed by atoms with Gasteiger partial charge in [-0.1, -0.05) is 0 Å². The summed E-state index contributed by atoms with van der Waals surface area (Å²) in [5.74, 6) is -1.24. The van der Waals surface area contributed by atoms with E-state index in [-0.39, 0.29) is 12.5 Å². The van der Waals surface area contributed by atoms with Crippen molar-refractivity contribution in [1.29, 1.82) is 0 Å². The second kappa shape index (κ2) is 6.86. The van der Waals surface area contributed by atoms with Crippen molar-refractivity contribution >= 4 is 29.7 Å². The van der Waals surface area contributed by atoms with Gasteiger partial charge in [0.2, 0.25) is 11.8 Å². The Bertz CT molecular complexity index is 713. The summed E-state index contributed by atoms with van der Waals surface area (Å²) in [7, 11) is 0. The molecule has 0 aromatic carbocycles. The molecule has 6 amide bonds. The van der Waals surface area contributed by atoms with Crippen LogP contribution in [0.2, 0.25) is 0 Å². The molecule has 0 spiro atoms. The van der Waals surface area contributed by atoms with E-state index in [0.717, 1.165) is 43.4 Å². The fourth-order valence-electron chi connectivity index (χ4n) is 6.04. The highest BCUT2D eigenvalue weighted by Gasteiger charge is 2.61. The van der Waals surface area contributed by atoms with Gasteiger partial charge in [0.1, 0.15) is 6.54 Å². The molecule has 0 unspecified atom stereocenters. The number of nitrogens with zero attached hydrogens (tertiary/aromatic N) is 2. The number of hydrogen-bond acceptors (Lipinski definition) is 5. The second-order valence-corrected chi connectivity index (χ2v) is 8.69. The first-order valence-electron chi connectivity index (χ1n) is 10.1. The van der Waals surface area contributed by atoms with Crippen molar-refractivity contribution in [2.45, 2.75) is 51.0 Å². The molecule has 0 aromatic heterocycles. The third-order valence-electron chi connectivity index (χ3n) is 6.66. The van der Waals surface area contributed by atoms with Crippen LogP contribution in [0, 0.1) is 17.8 Å². The lowest BCUT2D eigenvalue weighted by molar-refractivity contribution is -0.150. The topological polar surface area (TPSA) is 116 Å². The average Bonchev–Trinajstić information content (AvgIpc) is 2.83. The van der Waals surface area contributed by atoms with Crippen molar-refractivity contribution in [2.24, 2.45) is 17.8 Å². The fraction of sp³-hybridized carbons (Fsp3) is 0.737. The maximum Gasteiger partial charge on any atom is 0.335 e. The molecule has 4 saturated carbocycles. The minimum Gasteiger partial charge on any atom is -0.355 e. The number of rotatable bonds is 6. The summed E-state index contributed by atoms with van der Waals surface area (Å²) in [6.45, 7) is 1.40. The quantitative estimate of drug-likeness (QED) is 0.489. The number of carbonyl (C=O) groups is 5. The summed E-state index contributed by atoms with van der Waals surface area (Å²) >= 11 is 0. The third-order valence-corrected chi connectivity index (χ3v) is 6.66. The summed E-state index contributed by atoms with van der Waals surface area (Å²) in [4.78, 5) is 63.5. The Labute approximate surface area is 163 Å². The van der Waals surface area contributed by atoms with Crippen molar-refractivity contribution < 1.29 is 24.0 Å². The molecule has 4 bridgehead atoms. The molecule has 0 aromatic rings. The van der Waals surface area contributed by atoms with Crippen LogP contribution in [0.25, 0.3) is 0 Å². The van der Waals surface area contributed by atoms with E-state index in [9.17, 15) is 24.0 Å². The lowest BCUT2D eigenvalue weighted by atomic mass is 9.52. The SMILES string of the molecule is CCNC(=O)CNC(=O)CN1C(=O)C(=O)N(C23CC4CC(CC(C4)C2)C3)C1=O. The zero-order valence-corrected chi connectivity index (χ0v) is 16.0. The van der Waals surface area contributed by atoms with Gasteiger partial charge in [-0.25, -0.2) is 14.6 Å². The average molecular weight is 390 g/mol. The zero-order valence-electron chi connectivity index (χ0n) is 16.0. The maximum atomic E-state index is 13.0. The van der Waals surface area contributed by atoms with Crippen LogP contribution in [0.3, 0.4) is 0 Å². The molecule has 9 heteroatoms. The van der Waals surface area contributed by atoms with Crippen LogP contribution in [-0.2, 0) is 19.2 Å². The van der Waals surface area contributed by atoms with Crippen molar-refractivity contribution in [3.8, 4) is 0 Å². The summed E-state index contributed by atoms with van der Waals surface area (Å²) in [6.07, 6.45) is 5.74. The van der Waals surface area contributed by atoms with E-state index in [1.165, 1.54) is 0 Å². The molecular formula is C19H26N4O5. The number of hydrogen-bond donors (Lipinski definition) is 2. The van der Waals surface area contributed by atoms with Gasteiger partial charge in [0, 0.05) is 6.54 Å². The van der Waals surface area contributed by atoms with E-state index >= 15 is 0 Å². The Kier molecular flexibility index (Phi) is 4.63. The molecule has 152 valence electrons. The van der Waals surface area contributed by atoms with Crippen LogP contribution in [0.4, 0.5) is 4.79 Å². The van der Waals surface area contributed by atoms with Gasteiger partial charge in [0.05, 0.1) is 12.1 Å². The molecule has 0 radical (unpaired) electrons. The highest BCUT2D eigenvalue weighted by atomic mass is 16.2. The van der Waals surface area contributed by atoms with Gasteiger partial charge in [0.15, 0.2) is 0 Å².